The highest BCUT2D eigenvalue weighted by molar-refractivity contribution is 5.13. The maximum absolute atomic E-state index is 5.47. The van der Waals surface area contributed by atoms with Crippen LogP contribution in [0.3, 0.4) is 0 Å². The summed E-state index contributed by atoms with van der Waals surface area (Å²) < 4.78 is 0. The maximum Gasteiger partial charge on any atom is 0.0270 e. The van der Waals surface area contributed by atoms with Gasteiger partial charge in [0.2, 0.25) is 0 Å². The van der Waals surface area contributed by atoms with Gasteiger partial charge in [-0.3, -0.25) is 0 Å². The molecule has 0 bridgehead atoms. The second kappa shape index (κ2) is 4.44. The van der Waals surface area contributed by atoms with Crippen molar-refractivity contribution in [2.75, 3.05) is 0 Å². The molecule has 0 fully saturated rings. The molecule has 1 nitrogen and oxygen atoms in total. The van der Waals surface area contributed by atoms with Crippen LogP contribution in [-0.2, 0) is 0 Å². The van der Waals surface area contributed by atoms with Gasteiger partial charge in [-0.25, -0.2) is 0 Å². The SMILES string of the molecule is C/C=C\C(N)=CCC. The number of hydrogen-bond acceptors (Lipinski definition) is 1. The molecule has 2 N–H and O–H groups in total. The molecule has 8 heavy (non-hydrogen) atoms. The summed E-state index contributed by atoms with van der Waals surface area (Å²) >= 11 is 0. The third-order valence-corrected chi connectivity index (χ3v) is 0.799. The van der Waals surface area contributed by atoms with Gasteiger partial charge in [-0.05, 0) is 19.4 Å². The van der Waals surface area contributed by atoms with Crippen LogP contribution < -0.4 is 5.73 Å². The van der Waals surface area contributed by atoms with Crippen LogP contribution in [0.15, 0.2) is 23.9 Å². The molecule has 0 aliphatic carbocycles. The van der Waals surface area contributed by atoms with E-state index in [2.05, 4.69) is 6.92 Å². The van der Waals surface area contributed by atoms with Crippen LogP contribution in [0.5, 0.6) is 0 Å². The zero-order valence-electron chi connectivity index (χ0n) is 5.52. The summed E-state index contributed by atoms with van der Waals surface area (Å²) in [6.07, 6.45) is 6.82. The van der Waals surface area contributed by atoms with E-state index >= 15 is 0 Å². The van der Waals surface area contributed by atoms with Crippen molar-refractivity contribution in [3.63, 3.8) is 0 Å². The molecule has 0 unspecified atom stereocenters. The minimum atomic E-state index is 0.856. The summed E-state index contributed by atoms with van der Waals surface area (Å²) in [6.45, 7) is 4.02. The van der Waals surface area contributed by atoms with Gasteiger partial charge in [0.05, 0.1) is 0 Å². The van der Waals surface area contributed by atoms with Gasteiger partial charge in [0, 0.05) is 5.70 Å². The van der Waals surface area contributed by atoms with E-state index in [1.54, 1.807) is 0 Å². The number of allylic oxidation sites excluding steroid dienone is 3. The quantitative estimate of drug-likeness (QED) is 0.540. The van der Waals surface area contributed by atoms with Crippen molar-refractivity contribution < 1.29 is 0 Å². The first-order chi connectivity index (χ1) is 3.81. The Kier molecular flexibility index (Phi) is 4.04. The molecule has 0 atom stereocenters. The maximum atomic E-state index is 5.47. The fourth-order valence-electron chi connectivity index (χ4n) is 0.496. The molecule has 0 rings (SSSR count). The lowest BCUT2D eigenvalue weighted by Crippen LogP contribution is -1.90. The van der Waals surface area contributed by atoms with Crippen LogP contribution in [-0.4, -0.2) is 0 Å². The van der Waals surface area contributed by atoms with Gasteiger partial charge < -0.3 is 5.73 Å². The Hall–Kier alpha value is -0.720. The highest BCUT2D eigenvalue weighted by atomic mass is 14.5. The van der Waals surface area contributed by atoms with E-state index in [0.717, 1.165) is 12.1 Å². The van der Waals surface area contributed by atoms with E-state index in [1.165, 1.54) is 0 Å². The monoisotopic (exact) mass is 111 g/mol. The molecule has 0 aliphatic rings. The Balaban J connectivity index is 3.61. The topological polar surface area (TPSA) is 26.0 Å². The average Bonchev–Trinajstić information content (AvgIpc) is 1.68. The molecule has 0 aromatic rings. The lowest BCUT2D eigenvalue weighted by Gasteiger charge is -1.86. The van der Waals surface area contributed by atoms with Crippen molar-refractivity contribution in [3.05, 3.63) is 23.9 Å². The van der Waals surface area contributed by atoms with Crippen molar-refractivity contribution in [2.24, 2.45) is 5.73 Å². The molecule has 0 aromatic heterocycles. The molecule has 0 radical (unpaired) electrons. The third-order valence-electron chi connectivity index (χ3n) is 0.799. The summed E-state index contributed by atoms with van der Waals surface area (Å²) in [7, 11) is 0. The van der Waals surface area contributed by atoms with Crippen LogP contribution in [0.2, 0.25) is 0 Å². The molecule has 0 heterocycles. The molecular weight excluding hydrogens is 98.1 g/mol. The van der Waals surface area contributed by atoms with Gasteiger partial charge in [0.1, 0.15) is 0 Å². The molecule has 0 spiro atoms. The van der Waals surface area contributed by atoms with Gasteiger partial charge in [-0.15, -0.1) is 0 Å². The number of hydrogen-bond donors (Lipinski definition) is 1. The Morgan fingerprint density at radius 1 is 1.62 bits per heavy atom. The minimum Gasteiger partial charge on any atom is -0.399 e. The number of rotatable bonds is 2. The van der Waals surface area contributed by atoms with E-state index in [1.807, 2.05) is 25.2 Å². The molecule has 0 aromatic carbocycles. The summed E-state index contributed by atoms with van der Waals surface area (Å²) in [5.41, 5.74) is 6.33. The molecule has 46 valence electrons. The van der Waals surface area contributed by atoms with Crippen molar-refractivity contribution in [3.8, 4) is 0 Å². The normalized spacial score (nSPS) is 13.0. The second-order valence-corrected chi connectivity index (χ2v) is 1.61. The van der Waals surface area contributed by atoms with E-state index < -0.39 is 0 Å². The summed E-state index contributed by atoms with van der Waals surface area (Å²) in [5.74, 6) is 0. The van der Waals surface area contributed by atoms with Crippen LogP contribution in [0.25, 0.3) is 0 Å². The van der Waals surface area contributed by atoms with Gasteiger partial charge in [-0.2, -0.15) is 0 Å². The van der Waals surface area contributed by atoms with Gasteiger partial charge in [0.15, 0.2) is 0 Å². The van der Waals surface area contributed by atoms with Crippen molar-refractivity contribution in [1.82, 2.24) is 0 Å². The highest BCUT2D eigenvalue weighted by Crippen LogP contribution is 1.88. The van der Waals surface area contributed by atoms with Crippen LogP contribution in [0.4, 0.5) is 0 Å². The van der Waals surface area contributed by atoms with E-state index in [-0.39, 0.29) is 0 Å². The first-order valence-corrected chi connectivity index (χ1v) is 2.89. The zero-order valence-corrected chi connectivity index (χ0v) is 5.52. The molecule has 1 heteroatoms. The zero-order chi connectivity index (χ0) is 6.41. The highest BCUT2D eigenvalue weighted by Gasteiger charge is 1.74. The van der Waals surface area contributed by atoms with Crippen molar-refractivity contribution in [1.29, 1.82) is 0 Å². The average molecular weight is 111 g/mol. The Bertz CT molecular complexity index is 101. The second-order valence-electron chi connectivity index (χ2n) is 1.61. The minimum absolute atomic E-state index is 0.856. The summed E-state index contributed by atoms with van der Waals surface area (Å²) in [5, 5.41) is 0. The Morgan fingerprint density at radius 2 is 2.25 bits per heavy atom. The smallest absolute Gasteiger partial charge is 0.0270 e. The van der Waals surface area contributed by atoms with Gasteiger partial charge in [0.25, 0.3) is 0 Å². The molecule has 0 amide bonds. The van der Waals surface area contributed by atoms with Crippen LogP contribution >= 0.6 is 0 Å². The summed E-state index contributed by atoms with van der Waals surface area (Å²) in [6, 6.07) is 0. The standard InChI is InChI=1S/C7H13N/c1-3-5-7(8)6-4-2/h3,5-6H,4,8H2,1-2H3/b5-3-,7-6?. The lowest BCUT2D eigenvalue weighted by molar-refractivity contribution is 1.18. The molecule has 0 aliphatic heterocycles. The third kappa shape index (κ3) is 3.47. The summed E-state index contributed by atoms with van der Waals surface area (Å²) in [4.78, 5) is 0. The number of nitrogens with two attached hydrogens (primary N) is 1. The Labute approximate surface area is 50.9 Å². The molecule has 0 saturated carbocycles. The first-order valence-electron chi connectivity index (χ1n) is 2.89. The largest absolute Gasteiger partial charge is 0.399 e. The fourth-order valence-corrected chi connectivity index (χ4v) is 0.496. The van der Waals surface area contributed by atoms with Crippen LogP contribution in [0.1, 0.15) is 20.3 Å². The fraction of sp³-hybridized carbons (Fsp3) is 0.429. The van der Waals surface area contributed by atoms with E-state index in [9.17, 15) is 0 Å². The van der Waals surface area contributed by atoms with E-state index in [0.29, 0.717) is 0 Å². The lowest BCUT2D eigenvalue weighted by atomic mass is 10.3. The van der Waals surface area contributed by atoms with Gasteiger partial charge in [-0.1, -0.05) is 19.1 Å². The Morgan fingerprint density at radius 3 is 2.62 bits per heavy atom. The van der Waals surface area contributed by atoms with Gasteiger partial charge >= 0.3 is 0 Å². The van der Waals surface area contributed by atoms with Crippen LogP contribution in [0, 0.1) is 0 Å². The predicted molar refractivity (Wildman–Crippen MR) is 37.4 cm³/mol. The predicted octanol–water partition coefficient (Wildman–Crippen LogP) is 1.82. The molecular formula is C7H13N. The first kappa shape index (κ1) is 7.28. The molecule has 0 saturated heterocycles. The van der Waals surface area contributed by atoms with Crippen molar-refractivity contribution >= 4 is 0 Å². The van der Waals surface area contributed by atoms with E-state index in [4.69, 9.17) is 5.73 Å². The van der Waals surface area contributed by atoms with Crippen molar-refractivity contribution in [2.45, 2.75) is 20.3 Å².